The first kappa shape index (κ1) is 15.0. The van der Waals surface area contributed by atoms with E-state index in [0.29, 0.717) is 5.56 Å². The third kappa shape index (κ3) is 3.69. The van der Waals surface area contributed by atoms with Crippen LogP contribution < -0.4 is 10.1 Å². The van der Waals surface area contributed by atoms with Gasteiger partial charge in [-0.1, -0.05) is 0 Å². The fraction of sp³-hybridized carbons (Fsp3) is 0.143. The molecule has 4 nitrogen and oxygen atoms in total. The van der Waals surface area contributed by atoms with Crippen molar-refractivity contribution < 1.29 is 9.53 Å². The summed E-state index contributed by atoms with van der Waals surface area (Å²) in [5.74, 6) is 0.652. The van der Waals surface area contributed by atoms with Crippen molar-refractivity contribution in [2.45, 2.75) is 6.92 Å². The van der Waals surface area contributed by atoms with Crippen LogP contribution in [0.5, 0.6) is 5.75 Å². The summed E-state index contributed by atoms with van der Waals surface area (Å²) in [7, 11) is 1.62. The van der Waals surface area contributed by atoms with E-state index in [1.807, 2.05) is 25.1 Å². The number of pyridine rings is 1. The average Bonchev–Trinajstić information content (AvgIpc) is 2.40. The molecular formula is C14H15ClN2O2. The Morgan fingerprint density at radius 1 is 1.21 bits per heavy atom. The molecule has 0 saturated carbocycles. The lowest BCUT2D eigenvalue weighted by atomic mass is 10.2. The molecule has 1 aromatic carbocycles. The Bertz CT molecular complexity index is 559. The molecule has 1 N–H and O–H groups in total. The summed E-state index contributed by atoms with van der Waals surface area (Å²) in [5.41, 5.74) is 2.30. The summed E-state index contributed by atoms with van der Waals surface area (Å²) in [6.45, 7) is 1.93. The maximum atomic E-state index is 11.9. The Balaban J connectivity index is 0.00000180. The predicted octanol–water partition coefficient (Wildman–Crippen LogP) is 3.07. The van der Waals surface area contributed by atoms with Gasteiger partial charge < -0.3 is 10.1 Å². The number of ether oxygens (including phenoxy) is 1. The second-order valence-corrected chi connectivity index (χ2v) is 3.87. The molecule has 19 heavy (non-hydrogen) atoms. The third-order valence-electron chi connectivity index (χ3n) is 2.60. The molecule has 100 valence electrons. The molecule has 5 heteroatoms. The van der Waals surface area contributed by atoms with E-state index in [1.165, 1.54) is 0 Å². The van der Waals surface area contributed by atoms with Crippen LogP contribution in [0.2, 0.25) is 0 Å². The van der Waals surface area contributed by atoms with Gasteiger partial charge in [0.1, 0.15) is 5.75 Å². The molecule has 0 unspecified atom stereocenters. The second-order valence-electron chi connectivity index (χ2n) is 3.87. The summed E-state index contributed by atoms with van der Waals surface area (Å²) in [5, 5.41) is 2.83. The van der Waals surface area contributed by atoms with Gasteiger partial charge >= 0.3 is 0 Å². The number of benzene rings is 1. The van der Waals surface area contributed by atoms with Crippen LogP contribution in [-0.2, 0) is 0 Å². The molecule has 0 spiro atoms. The largest absolute Gasteiger partial charge is 0.496 e. The number of rotatable bonds is 3. The first-order valence-corrected chi connectivity index (χ1v) is 5.56. The van der Waals surface area contributed by atoms with E-state index < -0.39 is 0 Å². The monoisotopic (exact) mass is 278 g/mol. The number of hydrogen-bond acceptors (Lipinski definition) is 3. The van der Waals surface area contributed by atoms with Crippen molar-refractivity contribution in [3.05, 3.63) is 53.9 Å². The molecule has 0 atom stereocenters. The van der Waals surface area contributed by atoms with Gasteiger partial charge in [-0.15, -0.1) is 12.4 Å². The summed E-state index contributed by atoms with van der Waals surface area (Å²) >= 11 is 0. The molecule has 2 aromatic rings. The second kappa shape index (κ2) is 6.75. The van der Waals surface area contributed by atoms with Gasteiger partial charge in [0.25, 0.3) is 5.91 Å². The van der Waals surface area contributed by atoms with Crippen molar-refractivity contribution >= 4 is 24.0 Å². The summed E-state index contributed by atoms with van der Waals surface area (Å²) in [6.07, 6.45) is 3.18. The molecule has 0 aliphatic carbocycles. The predicted molar refractivity (Wildman–Crippen MR) is 77.2 cm³/mol. The molecule has 0 saturated heterocycles. The Morgan fingerprint density at radius 3 is 2.47 bits per heavy atom. The number of halogens is 1. The molecule has 0 fully saturated rings. The molecule has 1 heterocycles. The lowest BCUT2D eigenvalue weighted by Crippen LogP contribution is -2.11. The highest BCUT2D eigenvalue weighted by molar-refractivity contribution is 6.04. The molecule has 1 aromatic heterocycles. The van der Waals surface area contributed by atoms with Crippen LogP contribution in [-0.4, -0.2) is 18.0 Å². The van der Waals surface area contributed by atoms with Gasteiger partial charge in [0.15, 0.2) is 0 Å². The van der Waals surface area contributed by atoms with Gasteiger partial charge in [-0.3, -0.25) is 9.78 Å². The number of carbonyl (C=O) groups is 1. The average molecular weight is 279 g/mol. The maximum Gasteiger partial charge on any atom is 0.255 e. The van der Waals surface area contributed by atoms with Crippen LogP contribution in [0.3, 0.4) is 0 Å². The number of amides is 1. The van der Waals surface area contributed by atoms with E-state index in [0.717, 1.165) is 17.0 Å². The van der Waals surface area contributed by atoms with Gasteiger partial charge in [0.05, 0.1) is 7.11 Å². The number of nitrogens with zero attached hydrogens (tertiary/aromatic N) is 1. The van der Waals surface area contributed by atoms with Crippen LogP contribution in [0.1, 0.15) is 15.9 Å². The van der Waals surface area contributed by atoms with E-state index in [2.05, 4.69) is 10.3 Å². The Hall–Kier alpha value is -2.07. The van der Waals surface area contributed by atoms with Crippen LogP contribution in [0.15, 0.2) is 42.7 Å². The number of hydrogen-bond donors (Lipinski definition) is 1. The minimum Gasteiger partial charge on any atom is -0.496 e. The lowest BCUT2D eigenvalue weighted by molar-refractivity contribution is 0.102. The minimum atomic E-state index is -0.151. The number of nitrogens with one attached hydrogen (secondary N) is 1. The fourth-order valence-electron chi connectivity index (χ4n) is 1.66. The van der Waals surface area contributed by atoms with Crippen molar-refractivity contribution in [1.82, 2.24) is 4.98 Å². The van der Waals surface area contributed by atoms with Gasteiger partial charge in [-0.25, -0.2) is 0 Å². The van der Waals surface area contributed by atoms with Crippen LogP contribution in [0, 0.1) is 6.92 Å². The first-order chi connectivity index (χ1) is 8.70. The highest BCUT2D eigenvalue weighted by Crippen LogP contribution is 2.21. The molecule has 0 aliphatic heterocycles. The first-order valence-electron chi connectivity index (χ1n) is 5.56. The Morgan fingerprint density at radius 2 is 1.89 bits per heavy atom. The zero-order valence-corrected chi connectivity index (χ0v) is 11.5. The summed E-state index contributed by atoms with van der Waals surface area (Å²) in [6, 6.07) is 8.86. The molecule has 0 aliphatic rings. The normalized spacial score (nSPS) is 9.37. The highest BCUT2D eigenvalue weighted by atomic mass is 35.5. The molecular weight excluding hydrogens is 264 g/mol. The Kier molecular flexibility index (Phi) is 5.33. The van der Waals surface area contributed by atoms with Crippen molar-refractivity contribution in [3.8, 4) is 5.75 Å². The number of carbonyl (C=O) groups excluding carboxylic acids is 1. The van der Waals surface area contributed by atoms with Crippen LogP contribution >= 0.6 is 12.4 Å². The van der Waals surface area contributed by atoms with E-state index >= 15 is 0 Å². The quantitative estimate of drug-likeness (QED) is 0.939. The smallest absolute Gasteiger partial charge is 0.255 e. The molecule has 0 radical (unpaired) electrons. The lowest BCUT2D eigenvalue weighted by Gasteiger charge is -2.08. The maximum absolute atomic E-state index is 11.9. The zero-order chi connectivity index (χ0) is 13.0. The van der Waals surface area contributed by atoms with E-state index in [9.17, 15) is 4.79 Å². The van der Waals surface area contributed by atoms with Crippen LogP contribution in [0.4, 0.5) is 5.69 Å². The van der Waals surface area contributed by atoms with Crippen LogP contribution in [0.25, 0.3) is 0 Å². The van der Waals surface area contributed by atoms with E-state index in [4.69, 9.17) is 4.74 Å². The molecule has 2 rings (SSSR count). The summed E-state index contributed by atoms with van der Waals surface area (Å²) < 4.78 is 5.17. The van der Waals surface area contributed by atoms with Gasteiger partial charge in [0, 0.05) is 23.6 Å². The van der Waals surface area contributed by atoms with Crippen molar-refractivity contribution in [3.63, 3.8) is 0 Å². The number of aryl methyl sites for hydroxylation is 1. The number of aromatic nitrogens is 1. The number of methoxy groups -OCH3 is 1. The number of anilines is 1. The van der Waals surface area contributed by atoms with Crippen molar-refractivity contribution in [2.75, 3.05) is 12.4 Å². The SMILES string of the molecule is COc1ccc(NC(=O)c2ccncc2)cc1C.Cl. The topological polar surface area (TPSA) is 51.2 Å². The zero-order valence-electron chi connectivity index (χ0n) is 10.7. The van der Waals surface area contributed by atoms with E-state index in [-0.39, 0.29) is 18.3 Å². The standard InChI is InChI=1S/C14H14N2O2.ClH/c1-10-9-12(3-4-13(10)18-2)16-14(17)11-5-7-15-8-6-11;/h3-9H,1-2H3,(H,16,17);1H. The fourth-order valence-corrected chi connectivity index (χ4v) is 1.66. The van der Waals surface area contributed by atoms with Gasteiger partial charge in [0.2, 0.25) is 0 Å². The van der Waals surface area contributed by atoms with Gasteiger partial charge in [-0.2, -0.15) is 0 Å². The summed E-state index contributed by atoms with van der Waals surface area (Å²) in [4.78, 5) is 15.8. The highest BCUT2D eigenvalue weighted by Gasteiger charge is 2.06. The van der Waals surface area contributed by atoms with E-state index in [1.54, 1.807) is 31.6 Å². The van der Waals surface area contributed by atoms with Crippen molar-refractivity contribution in [1.29, 1.82) is 0 Å². The van der Waals surface area contributed by atoms with Gasteiger partial charge in [-0.05, 0) is 42.8 Å². The molecule has 1 amide bonds. The minimum absolute atomic E-state index is 0. The third-order valence-corrected chi connectivity index (χ3v) is 2.60. The molecule has 0 bridgehead atoms. The van der Waals surface area contributed by atoms with Crippen molar-refractivity contribution in [2.24, 2.45) is 0 Å². The Labute approximate surface area is 118 Å².